The summed E-state index contributed by atoms with van der Waals surface area (Å²) in [5.74, 6) is 0.604. The molecule has 104 valence electrons. The van der Waals surface area contributed by atoms with E-state index in [2.05, 4.69) is 5.32 Å². The van der Waals surface area contributed by atoms with Crippen LogP contribution < -0.4 is 5.32 Å². The highest BCUT2D eigenvalue weighted by Crippen LogP contribution is 2.14. The first-order valence-corrected chi connectivity index (χ1v) is 8.06. The molecule has 1 rings (SSSR count). The van der Waals surface area contributed by atoms with Crippen LogP contribution in [0.15, 0.2) is 0 Å². The second kappa shape index (κ2) is 6.87. The monoisotopic (exact) mass is 274 g/mol. The minimum Gasteiger partial charge on any atom is -0.342 e. The third-order valence-corrected chi connectivity index (χ3v) is 4.17. The Morgan fingerprint density at radius 2 is 2.17 bits per heavy atom. The lowest BCUT2D eigenvalue weighted by Gasteiger charge is -2.35. The highest BCUT2D eigenvalue weighted by atomic mass is 32.2. The van der Waals surface area contributed by atoms with E-state index in [4.69, 9.17) is 0 Å². The van der Waals surface area contributed by atoms with E-state index < -0.39 is 16.8 Å². The molecule has 1 heterocycles. The number of piperazine rings is 1. The SMILES string of the molecule is CCC(C)C1NC(=O)CN(CCCS(C)=O)C1=O. The van der Waals surface area contributed by atoms with Gasteiger partial charge in [0.2, 0.25) is 11.8 Å². The van der Waals surface area contributed by atoms with Crippen LogP contribution in [0.5, 0.6) is 0 Å². The summed E-state index contributed by atoms with van der Waals surface area (Å²) in [5.41, 5.74) is 0. The molecule has 0 spiro atoms. The second-order valence-electron chi connectivity index (χ2n) is 4.82. The zero-order valence-corrected chi connectivity index (χ0v) is 12.1. The number of rotatable bonds is 6. The molecule has 0 radical (unpaired) electrons. The van der Waals surface area contributed by atoms with E-state index in [0.29, 0.717) is 18.7 Å². The number of carbonyl (C=O) groups excluding carboxylic acids is 2. The van der Waals surface area contributed by atoms with Gasteiger partial charge in [-0.25, -0.2) is 0 Å². The van der Waals surface area contributed by atoms with Crippen LogP contribution in [-0.4, -0.2) is 52.1 Å². The molecule has 5 nitrogen and oxygen atoms in total. The third-order valence-electron chi connectivity index (χ3n) is 3.30. The van der Waals surface area contributed by atoms with Crippen molar-refractivity contribution in [2.75, 3.05) is 25.1 Å². The zero-order valence-electron chi connectivity index (χ0n) is 11.3. The molecular weight excluding hydrogens is 252 g/mol. The molecule has 0 aromatic heterocycles. The molecular formula is C12H22N2O3S. The maximum Gasteiger partial charge on any atom is 0.245 e. The molecule has 0 bridgehead atoms. The van der Waals surface area contributed by atoms with Gasteiger partial charge in [-0.05, 0) is 12.3 Å². The Morgan fingerprint density at radius 3 is 2.72 bits per heavy atom. The van der Waals surface area contributed by atoms with Gasteiger partial charge < -0.3 is 10.2 Å². The summed E-state index contributed by atoms with van der Waals surface area (Å²) in [7, 11) is -0.848. The average Bonchev–Trinajstić information content (AvgIpc) is 2.31. The van der Waals surface area contributed by atoms with Gasteiger partial charge in [0.05, 0.1) is 6.54 Å². The molecule has 1 aliphatic heterocycles. The first-order valence-electron chi connectivity index (χ1n) is 6.33. The summed E-state index contributed by atoms with van der Waals surface area (Å²) >= 11 is 0. The van der Waals surface area contributed by atoms with Crippen molar-refractivity contribution in [1.82, 2.24) is 10.2 Å². The van der Waals surface area contributed by atoms with Crippen LogP contribution in [0.2, 0.25) is 0 Å². The van der Waals surface area contributed by atoms with Crippen molar-refractivity contribution >= 4 is 22.6 Å². The molecule has 0 aromatic rings. The Hall–Kier alpha value is -0.910. The van der Waals surface area contributed by atoms with E-state index in [9.17, 15) is 13.8 Å². The van der Waals surface area contributed by atoms with Gasteiger partial charge in [0.15, 0.2) is 0 Å². The smallest absolute Gasteiger partial charge is 0.245 e. The summed E-state index contributed by atoms with van der Waals surface area (Å²) in [6, 6.07) is -0.400. The lowest BCUT2D eigenvalue weighted by molar-refractivity contribution is -0.145. The molecule has 1 fully saturated rings. The minimum absolute atomic E-state index is 0.00849. The van der Waals surface area contributed by atoms with Crippen molar-refractivity contribution in [3.05, 3.63) is 0 Å². The average molecular weight is 274 g/mol. The summed E-state index contributed by atoms with van der Waals surface area (Å²) in [6.07, 6.45) is 3.17. The predicted molar refractivity (Wildman–Crippen MR) is 71.5 cm³/mol. The van der Waals surface area contributed by atoms with E-state index >= 15 is 0 Å². The first-order chi connectivity index (χ1) is 8.45. The van der Waals surface area contributed by atoms with Crippen molar-refractivity contribution in [3.63, 3.8) is 0 Å². The molecule has 6 heteroatoms. The highest BCUT2D eigenvalue weighted by Gasteiger charge is 2.34. The molecule has 1 aliphatic rings. The summed E-state index contributed by atoms with van der Waals surface area (Å²) in [5, 5.41) is 2.76. The van der Waals surface area contributed by atoms with Crippen LogP contribution in [-0.2, 0) is 20.4 Å². The van der Waals surface area contributed by atoms with Crippen LogP contribution in [0.4, 0.5) is 0 Å². The van der Waals surface area contributed by atoms with E-state index in [1.807, 2.05) is 13.8 Å². The van der Waals surface area contributed by atoms with Gasteiger partial charge in [0, 0.05) is 29.4 Å². The van der Waals surface area contributed by atoms with Gasteiger partial charge in [0.1, 0.15) is 6.04 Å². The maximum atomic E-state index is 12.2. The Morgan fingerprint density at radius 1 is 1.50 bits per heavy atom. The molecule has 1 saturated heterocycles. The minimum atomic E-state index is -0.848. The number of hydrogen-bond donors (Lipinski definition) is 1. The van der Waals surface area contributed by atoms with Gasteiger partial charge in [-0.15, -0.1) is 0 Å². The predicted octanol–water partition coefficient (Wildman–Crippen LogP) is 0.128. The molecule has 1 N–H and O–H groups in total. The fourth-order valence-corrected chi connectivity index (χ4v) is 2.53. The fraction of sp³-hybridized carbons (Fsp3) is 0.833. The van der Waals surface area contributed by atoms with E-state index in [1.54, 1.807) is 11.2 Å². The van der Waals surface area contributed by atoms with Crippen LogP contribution in [0.3, 0.4) is 0 Å². The lowest BCUT2D eigenvalue weighted by atomic mass is 9.96. The third kappa shape index (κ3) is 4.08. The van der Waals surface area contributed by atoms with Crippen molar-refractivity contribution in [2.24, 2.45) is 5.92 Å². The Kier molecular flexibility index (Phi) is 5.78. The fourth-order valence-electron chi connectivity index (χ4n) is 2.00. The summed E-state index contributed by atoms with van der Waals surface area (Å²) in [6.45, 7) is 4.61. The molecule has 0 aromatic carbocycles. The van der Waals surface area contributed by atoms with Crippen LogP contribution >= 0.6 is 0 Å². The molecule has 2 amide bonds. The highest BCUT2D eigenvalue weighted by molar-refractivity contribution is 7.84. The van der Waals surface area contributed by atoms with Crippen LogP contribution in [0, 0.1) is 5.92 Å². The van der Waals surface area contributed by atoms with Crippen molar-refractivity contribution < 1.29 is 13.8 Å². The second-order valence-corrected chi connectivity index (χ2v) is 6.38. The Labute approximate surface area is 111 Å². The largest absolute Gasteiger partial charge is 0.342 e. The molecule has 18 heavy (non-hydrogen) atoms. The number of amides is 2. The van der Waals surface area contributed by atoms with Crippen molar-refractivity contribution in [3.8, 4) is 0 Å². The van der Waals surface area contributed by atoms with Gasteiger partial charge in [0.25, 0.3) is 0 Å². The number of nitrogens with zero attached hydrogens (tertiary/aromatic N) is 1. The Balaban J connectivity index is 2.59. The van der Waals surface area contributed by atoms with Crippen LogP contribution in [0.25, 0.3) is 0 Å². The molecule has 3 unspecified atom stereocenters. The number of nitrogens with one attached hydrogen (secondary N) is 1. The number of carbonyl (C=O) groups is 2. The van der Waals surface area contributed by atoms with Gasteiger partial charge in [-0.2, -0.15) is 0 Å². The van der Waals surface area contributed by atoms with Crippen LogP contribution in [0.1, 0.15) is 26.7 Å². The lowest BCUT2D eigenvalue weighted by Crippen LogP contribution is -2.60. The topological polar surface area (TPSA) is 66.5 Å². The summed E-state index contributed by atoms with van der Waals surface area (Å²) < 4.78 is 11.0. The zero-order chi connectivity index (χ0) is 13.7. The maximum absolute atomic E-state index is 12.2. The summed E-state index contributed by atoms with van der Waals surface area (Å²) in [4.78, 5) is 25.4. The van der Waals surface area contributed by atoms with Crippen molar-refractivity contribution in [2.45, 2.75) is 32.7 Å². The quantitative estimate of drug-likeness (QED) is 0.748. The molecule has 0 aliphatic carbocycles. The molecule has 0 saturated carbocycles. The van der Waals surface area contributed by atoms with Gasteiger partial charge in [-0.1, -0.05) is 20.3 Å². The standard InChI is InChI=1S/C12H22N2O3S/c1-4-9(2)11-12(16)14(8-10(15)13-11)6-5-7-18(3)17/h9,11H,4-8H2,1-3H3,(H,13,15). The van der Waals surface area contributed by atoms with Crippen molar-refractivity contribution in [1.29, 1.82) is 0 Å². The van der Waals surface area contributed by atoms with Gasteiger partial charge in [-0.3, -0.25) is 13.8 Å². The number of hydrogen-bond acceptors (Lipinski definition) is 3. The van der Waals surface area contributed by atoms with E-state index in [1.165, 1.54) is 0 Å². The van der Waals surface area contributed by atoms with E-state index in [0.717, 1.165) is 6.42 Å². The first kappa shape index (κ1) is 15.1. The Bertz CT molecular complexity index is 346. The normalized spacial score (nSPS) is 23.7. The van der Waals surface area contributed by atoms with E-state index in [-0.39, 0.29) is 24.3 Å². The molecule has 3 atom stereocenters. The van der Waals surface area contributed by atoms with Gasteiger partial charge >= 0.3 is 0 Å².